The highest BCUT2D eigenvalue weighted by Crippen LogP contribution is 2.39. The number of amides is 4. The van der Waals surface area contributed by atoms with Crippen molar-refractivity contribution in [1.29, 1.82) is 0 Å². The number of aryl methyl sites for hydroxylation is 4. The van der Waals surface area contributed by atoms with E-state index in [0.717, 1.165) is 29.0 Å². The Balaban J connectivity index is 0.000000252. The number of rotatable bonds is 22. The van der Waals surface area contributed by atoms with Gasteiger partial charge < -0.3 is 50.2 Å². The number of carbonyl (C=O) groups is 5. The van der Waals surface area contributed by atoms with Crippen LogP contribution in [0.2, 0.25) is 0 Å². The van der Waals surface area contributed by atoms with Crippen molar-refractivity contribution in [3.8, 4) is 34.5 Å². The van der Waals surface area contributed by atoms with Crippen molar-refractivity contribution in [2.24, 2.45) is 5.92 Å². The number of hydrogen-bond donors (Lipinski definition) is 7. The van der Waals surface area contributed by atoms with Crippen molar-refractivity contribution in [2.45, 2.75) is 73.6 Å². The molecule has 7 aromatic carbocycles. The highest BCUT2D eigenvalue weighted by atomic mass is 16.5. The summed E-state index contributed by atoms with van der Waals surface area (Å²) in [5.74, 6) is 0.240. The lowest BCUT2D eigenvalue weighted by atomic mass is 10.0. The van der Waals surface area contributed by atoms with Gasteiger partial charge in [-0.3, -0.25) is 24.5 Å². The van der Waals surface area contributed by atoms with E-state index in [9.17, 15) is 34.2 Å². The molecular formula is C60H66N4O12. The van der Waals surface area contributed by atoms with Crippen LogP contribution in [0.15, 0.2) is 121 Å². The summed E-state index contributed by atoms with van der Waals surface area (Å²) in [6.45, 7) is 14.1. The molecule has 7 rings (SSSR count). The van der Waals surface area contributed by atoms with Gasteiger partial charge in [-0.15, -0.1) is 0 Å². The number of nitrogens with one attached hydrogen (secondary N) is 4. The molecule has 0 fully saturated rings. The zero-order valence-corrected chi connectivity index (χ0v) is 43.7. The van der Waals surface area contributed by atoms with Crippen molar-refractivity contribution < 1.29 is 58.2 Å². The number of carboxylic acid groups (broad SMARTS) is 1. The molecular weight excluding hydrogens is 969 g/mol. The molecule has 0 atom stereocenters. The molecule has 0 aromatic heterocycles. The third-order valence-corrected chi connectivity index (χ3v) is 11.9. The Morgan fingerprint density at radius 3 is 1.76 bits per heavy atom. The molecule has 0 radical (unpaired) electrons. The number of aromatic hydroxyl groups is 2. The number of phenolic OH excluding ortho intramolecular Hbond substituents is 2. The molecule has 0 unspecified atom stereocenters. The lowest BCUT2D eigenvalue weighted by molar-refractivity contribution is -0.138. The standard InChI is InChI=1S/C33H34N2O7.C27H32N2O5/c1-21-9-14-28(22(2)19-21)41-18-6-5-17-34-33(40)27-20-29(25-7-3-4-8-26(25)32(27)39)42-24-12-10-23(11-13-24)35-30(36)15-16-31(37)38;1-17(2)16-34-27(32)29-23-8-5-7-21-20(23)10-11-22(25(21)30)26(31)28-13-6-14-33-24-12-9-18(3)15-19(24)4/h3-4,7-14,19-20,39H,5-6,15-18H2,1-2H3,(H,34,40)(H,35,36)(H,37,38);5,7-12,15,17,30H,6,13-14,16H2,1-4H3,(H,28,31)(H,29,32). The number of carbonyl (C=O) groups excluding carboxylic acids is 4. The maximum Gasteiger partial charge on any atom is 0.411 e. The van der Waals surface area contributed by atoms with E-state index < -0.39 is 23.9 Å². The Hall–Kier alpha value is -8.79. The van der Waals surface area contributed by atoms with Crippen LogP contribution in [-0.2, 0) is 14.3 Å². The quantitative estimate of drug-likeness (QED) is 0.0314. The number of benzene rings is 7. The molecule has 0 aliphatic carbocycles. The molecule has 0 saturated carbocycles. The number of phenols is 2. The van der Waals surface area contributed by atoms with Crippen LogP contribution in [0.4, 0.5) is 16.2 Å². The lowest BCUT2D eigenvalue weighted by Gasteiger charge is -2.15. The Morgan fingerprint density at radius 1 is 0.553 bits per heavy atom. The van der Waals surface area contributed by atoms with Crippen LogP contribution in [-0.4, -0.2) is 78.0 Å². The minimum Gasteiger partial charge on any atom is -0.506 e. The van der Waals surface area contributed by atoms with Crippen LogP contribution >= 0.6 is 0 Å². The first kappa shape index (κ1) is 56.5. The van der Waals surface area contributed by atoms with Gasteiger partial charge in [0, 0.05) is 46.7 Å². The summed E-state index contributed by atoms with van der Waals surface area (Å²) in [5, 5.41) is 43.6. The summed E-state index contributed by atoms with van der Waals surface area (Å²) in [7, 11) is 0. The van der Waals surface area contributed by atoms with E-state index in [1.165, 1.54) is 17.2 Å². The van der Waals surface area contributed by atoms with Crippen molar-refractivity contribution in [2.75, 3.05) is 43.5 Å². The number of anilines is 2. The molecule has 76 heavy (non-hydrogen) atoms. The number of carboxylic acids is 1. The first-order chi connectivity index (χ1) is 36.5. The first-order valence-electron chi connectivity index (χ1n) is 25.2. The second-order valence-electron chi connectivity index (χ2n) is 18.7. The zero-order valence-electron chi connectivity index (χ0n) is 43.7. The van der Waals surface area contributed by atoms with E-state index in [4.69, 9.17) is 24.1 Å². The van der Waals surface area contributed by atoms with Gasteiger partial charge in [-0.1, -0.05) is 91.7 Å². The highest BCUT2D eigenvalue weighted by Gasteiger charge is 2.20. The molecule has 4 amide bonds. The number of hydrogen-bond acceptors (Lipinski definition) is 11. The third kappa shape index (κ3) is 16.4. The van der Waals surface area contributed by atoms with Crippen molar-refractivity contribution in [1.82, 2.24) is 10.6 Å². The predicted molar refractivity (Wildman–Crippen MR) is 294 cm³/mol. The molecule has 16 heteroatoms. The Labute approximate surface area is 442 Å². The van der Waals surface area contributed by atoms with Crippen LogP contribution in [0.25, 0.3) is 21.5 Å². The van der Waals surface area contributed by atoms with E-state index in [2.05, 4.69) is 33.4 Å². The largest absolute Gasteiger partial charge is 0.506 e. The molecule has 0 bridgehead atoms. The minimum absolute atomic E-state index is 0.0949. The predicted octanol–water partition coefficient (Wildman–Crippen LogP) is 11.9. The van der Waals surface area contributed by atoms with Gasteiger partial charge in [-0.25, -0.2) is 4.79 Å². The minimum atomic E-state index is -1.04. The monoisotopic (exact) mass is 1030 g/mol. The summed E-state index contributed by atoms with van der Waals surface area (Å²) in [6.07, 6.45) is 1.14. The molecule has 0 heterocycles. The normalized spacial score (nSPS) is 10.8. The molecule has 0 spiro atoms. The van der Waals surface area contributed by atoms with Gasteiger partial charge in [0.15, 0.2) is 0 Å². The third-order valence-electron chi connectivity index (χ3n) is 11.9. The first-order valence-corrected chi connectivity index (χ1v) is 25.2. The van der Waals surface area contributed by atoms with E-state index in [0.29, 0.717) is 90.2 Å². The maximum atomic E-state index is 13.1. The molecule has 0 aliphatic rings. The summed E-state index contributed by atoms with van der Waals surface area (Å²) in [4.78, 5) is 60.3. The molecule has 7 N–H and O–H groups in total. The average Bonchev–Trinajstić information content (AvgIpc) is 3.39. The zero-order chi connectivity index (χ0) is 54.7. The Morgan fingerprint density at radius 2 is 1.13 bits per heavy atom. The second-order valence-corrected chi connectivity index (χ2v) is 18.7. The molecule has 16 nitrogen and oxygen atoms in total. The van der Waals surface area contributed by atoms with E-state index in [1.807, 2.05) is 71.9 Å². The van der Waals surface area contributed by atoms with E-state index in [-0.39, 0.29) is 47.3 Å². The number of unbranched alkanes of at least 4 members (excludes halogenated alkanes) is 1. The second kappa shape index (κ2) is 27.5. The van der Waals surface area contributed by atoms with Gasteiger partial charge in [-0.05, 0) is 119 Å². The van der Waals surface area contributed by atoms with Crippen molar-refractivity contribution in [3.63, 3.8) is 0 Å². The van der Waals surface area contributed by atoms with E-state index >= 15 is 0 Å². The summed E-state index contributed by atoms with van der Waals surface area (Å²) >= 11 is 0. The smallest absolute Gasteiger partial charge is 0.411 e. The van der Waals surface area contributed by atoms with Gasteiger partial charge in [0.2, 0.25) is 5.91 Å². The van der Waals surface area contributed by atoms with Gasteiger partial charge >= 0.3 is 12.1 Å². The molecule has 7 aromatic rings. The van der Waals surface area contributed by atoms with Crippen LogP contribution in [0.1, 0.15) is 88.9 Å². The Kier molecular flexibility index (Phi) is 20.4. The molecule has 0 saturated heterocycles. The van der Waals surface area contributed by atoms with Crippen molar-refractivity contribution in [3.05, 3.63) is 155 Å². The van der Waals surface area contributed by atoms with Gasteiger partial charge in [0.05, 0.1) is 43.1 Å². The fraction of sp³-hybridized carbons (Fsp3) is 0.283. The van der Waals surface area contributed by atoms with Gasteiger partial charge in [0.1, 0.15) is 34.5 Å². The number of aliphatic carboxylic acids is 1. The van der Waals surface area contributed by atoms with E-state index in [1.54, 1.807) is 72.8 Å². The lowest BCUT2D eigenvalue weighted by Crippen LogP contribution is -2.25. The van der Waals surface area contributed by atoms with Crippen molar-refractivity contribution >= 4 is 62.7 Å². The Bertz CT molecular complexity index is 3170. The van der Waals surface area contributed by atoms with Gasteiger partial charge in [-0.2, -0.15) is 0 Å². The fourth-order valence-corrected chi connectivity index (χ4v) is 7.96. The van der Waals surface area contributed by atoms with Crippen LogP contribution < -0.4 is 35.5 Å². The highest BCUT2D eigenvalue weighted by molar-refractivity contribution is 6.08. The van der Waals surface area contributed by atoms with Crippen LogP contribution in [0.3, 0.4) is 0 Å². The van der Waals surface area contributed by atoms with Crippen LogP contribution in [0.5, 0.6) is 34.5 Å². The van der Waals surface area contributed by atoms with Gasteiger partial charge in [0.25, 0.3) is 11.8 Å². The summed E-state index contributed by atoms with van der Waals surface area (Å²) in [5.41, 5.74) is 5.78. The fourth-order valence-electron chi connectivity index (χ4n) is 7.96. The summed E-state index contributed by atoms with van der Waals surface area (Å²) in [6, 6.07) is 35.6. The average molecular weight is 1040 g/mol. The van der Waals surface area contributed by atoms with Crippen LogP contribution in [0, 0.1) is 33.6 Å². The number of ether oxygens (including phenoxy) is 4. The maximum absolute atomic E-state index is 13.1. The molecule has 398 valence electrons. The topological polar surface area (TPSA) is 231 Å². The summed E-state index contributed by atoms with van der Waals surface area (Å²) < 4.78 is 22.9. The molecule has 0 aliphatic heterocycles. The SMILES string of the molecule is Cc1ccc(OCCCCNC(=O)c2cc(Oc3ccc(NC(=O)CCC(=O)O)cc3)c3ccccc3c2O)c(C)c1.Cc1ccc(OCCCNC(=O)c2ccc3c(NC(=O)OCC(C)C)cccc3c2O)c(C)c1. The number of fused-ring (bicyclic) bond motifs is 2.